The molecule has 1 aromatic heterocycles. The highest BCUT2D eigenvalue weighted by Crippen LogP contribution is 2.11. The maximum Gasteiger partial charge on any atom is 0.129 e. The monoisotopic (exact) mass is 310 g/mol. The number of hydrogen-bond acceptors (Lipinski definition) is 2. The molecule has 4 heteroatoms. The first-order valence-corrected chi connectivity index (χ1v) is 6.47. The highest BCUT2D eigenvalue weighted by atomic mass is 79.9. The Morgan fingerprint density at radius 3 is 2.65 bits per heavy atom. The molecule has 0 unspecified atom stereocenters. The Labute approximate surface area is 114 Å². The molecule has 2 aromatic rings. The van der Waals surface area contributed by atoms with E-state index in [1.165, 1.54) is 5.56 Å². The van der Waals surface area contributed by atoms with E-state index in [0.29, 0.717) is 5.15 Å². The van der Waals surface area contributed by atoms with E-state index >= 15 is 0 Å². The minimum atomic E-state index is 0.528. The summed E-state index contributed by atoms with van der Waals surface area (Å²) < 4.78 is 1.10. The summed E-state index contributed by atoms with van der Waals surface area (Å²) in [4.78, 5) is 4.04. The zero-order chi connectivity index (χ0) is 12.1. The first-order chi connectivity index (χ1) is 8.24. The second-order valence-corrected chi connectivity index (χ2v) is 5.03. The molecule has 0 aliphatic carbocycles. The van der Waals surface area contributed by atoms with Crippen molar-refractivity contribution in [1.82, 2.24) is 10.3 Å². The molecule has 1 aromatic carbocycles. The Balaban J connectivity index is 1.85. The van der Waals surface area contributed by atoms with Gasteiger partial charge in [0.25, 0.3) is 0 Å². The number of hydrogen-bond donors (Lipinski definition) is 1. The van der Waals surface area contributed by atoms with Gasteiger partial charge in [0.15, 0.2) is 0 Å². The lowest BCUT2D eigenvalue weighted by Gasteiger charge is -2.05. The van der Waals surface area contributed by atoms with Crippen molar-refractivity contribution in [3.05, 3.63) is 63.3 Å². The van der Waals surface area contributed by atoms with Crippen LogP contribution in [0.4, 0.5) is 0 Å². The number of pyridine rings is 1. The molecule has 0 aliphatic rings. The van der Waals surface area contributed by atoms with E-state index in [4.69, 9.17) is 11.6 Å². The van der Waals surface area contributed by atoms with Crippen molar-refractivity contribution in [2.45, 2.75) is 13.1 Å². The average molecular weight is 312 g/mol. The first-order valence-electron chi connectivity index (χ1n) is 5.29. The molecule has 0 fully saturated rings. The summed E-state index contributed by atoms with van der Waals surface area (Å²) in [6.45, 7) is 1.62. The van der Waals surface area contributed by atoms with Crippen LogP contribution in [0.15, 0.2) is 47.1 Å². The summed E-state index contributed by atoms with van der Waals surface area (Å²) in [6.07, 6.45) is 1.79. The summed E-state index contributed by atoms with van der Waals surface area (Å²) in [6, 6.07) is 12.0. The maximum atomic E-state index is 5.72. The van der Waals surface area contributed by atoms with Gasteiger partial charge in [0.1, 0.15) is 5.15 Å². The van der Waals surface area contributed by atoms with Crippen molar-refractivity contribution in [3.8, 4) is 0 Å². The molecule has 0 saturated carbocycles. The number of aromatic nitrogens is 1. The van der Waals surface area contributed by atoms with Gasteiger partial charge in [-0.3, -0.25) is 0 Å². The van der Waals surface area contributed by atoms with E-state index in [1.807, 2.05) is 18.2 Å². The minimum absolute atomic E-state index is 0.528. The molecule has 0 radical (unpaired) electrons. The third kappa shape index (κ3) is 4.11. The zero-order valence-electron chi connectivity index (χ0n) is 9.16. The van der Waals surface area contributed by atoms with E-state index in [1.54, 1.807) is 12.3 Å². The SMILES string of the molecule is Clc1ccc(CNCc2cccc(Br)c2)cn1. The molecule has 2 nitrogen and oxygen atoms in total. The van der Waals surface area contributed by atoms with E-state index in [-0.39, 0.29) is 0 Å². The van der Waals surface area contributed by atoms with Gasteiger partial charge < -0.3 is 5.32 Å². The number of rotatable bonds is 4. The van der Waals surface area contributed by atoms with Gasteiger partial charge in [-0.1, -0.05) is 45.7 Å². The van der Waals surface area contributed by atoms with Crippen LogP contribution in [0, 0.1) is 0 Å². The van der Waals surface area contributed by atoms with Crippen LogP contribution in [0.25, 0.3) is 0 Å². The van der Waals surface area contributed by atoms with Gasteiger partial charge >= 0.3 is 0 Å². The molecule has 1 N–H and O–H groups in total. The van der Waals surface area contributed by atoms with Gasteiger partial charge in [0.05, 0.1) is 0 Å². The van der Waals surface area contributed by atoms with Gasteiger partial charge in [0, 0.05) is 23.8 Å². The van der Waals surface area contributed by atoms with Crippen LogP contribution < -0.4 is 5.32 Å². The van der Waals surface area contributed by atoms with E-state index in [9.17, 15) is 0 Å². The van der Waals surface area contributed by atoms with E-state index in [2.05, 4.69) is 38.4 Å². The molecule has 1 heterocycles. The van der Waals surface area contributed by atoms with Crippen LogP contribution >= 0.6 is 27.5 Å². The third-order valence-corrected chi connectivity index (χ3v) is 3.05. The van der Waals surface area contributed by atoms with Crippen molar-refractivity contribution < 1.29 is 0 Å². The Morgan fingerprint density at radius 2 is 1.94 bits per heavy atom. The van der Waals surface area contributed by atoms with Crippen LogP contribution in [0.2, 0.25) is 5.15 Å². The smallest absolute Gasteiger partial charge is 0.129 e. The summed E-state index contributed by atoms with van der Waals surface area (Å²) in [5.41, 5.74) is 2.38. The number of nitrogens with one attached hydrogen (secondary N) is 1. The largest absolute Gasteiger partial charge is 0.309 e. The van der Waals surface area contributed by atoms with Gasteiger partial charge in [-0.25, -0.2) is 4.98 Å². The van der Waals surface area contributed by atoms with E-state index < -0.39 is 0 Å². The third-order valence-electron chi connectivity index (χ3n) is 2.34. The van der Waals surface area contributed by atoms with Crippen molar-refractivity contribution in [1.29, 1.82) is 0 Å². The number of benzene rings is 1. The summed E-state index contributed by atoms with van der Waals surface area (Å²) in [5.74, 6) is 0. The molecule has 88 valence electrons. The Morgan fingerprint density at radius 1 is 1.12 bits per heavy atom. The molecule has 0 aliphatic heterocycles. The molecule has 0 bridgehead atoms. The molecule has 0 amide bonds. The lowest BCUT2D eigenvalue weighted by molar-refractivity contribution is 0.691. The molecule has 0 saturated heterocycles. The Bertz CT molecular complexity index is 485. The molecule has 17 heavy (non-hydrogen) atoms. The second kappa shape index (κ2) is 6.15. The Kier molecular flexibility index (Phi) is 4.54. The zero-order valence-corrected chi connectivity index (χ0v) is 11.5. The van der Waals surface area contributed by atoms with Crippen molar-refractivity contribution in [3.63, 3.8) is 0 Å². The van der Waals surface area contributed by atoms with Gasteiger partial charge in [-0.15, -0.1) is 0 Å². The molecule has 2 rings (SSSR count). The van der Waals surface area contributed by atoms with E-state index in [0.717, 1.165) is 23.1 Å². The molecular formula is C13H12BrClN2. The standard InChI is InChI=1S/C13H12BrClN2/c14-12-3-1-2-10(6-12)7-16-8-11-4-5-13(15)17-9-11/h1-6,9,16H,7-8H2. The van der Waals surface area contributed by atoms with Crippen LogP contribution in [-0.4, -0.2) is 4.98 Å². The molecule has 0 atom stereocenters. The summed E-state index contributed by atoms with van der Waals surface area (Å²) in [5, 5.41) is 3.89. The van der Waals surface area contributed by atoms with Gasteiger partial charge in [0.2, 0.25) is 0 Å². The average Bonchev–Trinajstić information content (AvgIpc) is 2.32. The summed E-state index contributed by atoms with van der Waals surface area (Å²) >= 11 is 9.18. The van der Waals surface area contributed by atoms with Crippen molar-refractivity contribution in [2.24, 2.45) is 0 Å². The quantitative estimate of drug-likeness (QED) is 0.869. The lowest BCUT2D eigenvalue weighted by Crippen LogP contribution is -2.12. The molecular weight excluding hydrogens is 300 g/mol. The maximum absolute atomic E-state index is 5.72. The first kappa shape index (κ1) is 12.6. The fraction of sp³-hybridized carbons (Fsp3) is 0.154. The highest BCUT2D eigenvalue weighted by molar-refractivity contribution is 9.10. The van der Waals surface area contributed by atoms with Crippen LogP contribution in [0.3, 0.4) is 0 Å². The fourth-order valence-electron chi connectivity index (χ4n) is 1.51. The van der Waals surface area contributed by atoms with Crippen LogP contribution in [0.5, 0.6) is 0 Å². The van der Waals surface area contributed by atoms with Gasteiger partial charge in [-0.2, -0.15) is 0 Å². The number of nitrogens with zero attached hydrogens (tertiary/aromatic N) is 1. The predicted octanol–water partition coefficient (Wildman–Crippen LogP) is 3.79. The Hall–Kier alpha value is -0.900. The van der Waals surface area contributed by atoms with Crippen molar-refractivity contribution in [2.75, 3.05) is 0 Å². The highest BCUT2D eigenvalue weighted by Gasteiger charge is 1.96. The fourth-order valence-corrected chi connectivity index (χ4v) is 2.07. The second-order valence-electron chi connectivity index (χ2n) is 3.72. The topological polar surface area (TPSA) is 24.9 Å². The van der Waals surface area contributed by atoms with Crippen molar-refractivity contribution >= 4 is 27.5 Å². The van der Waals surface area contributed by atoms with Crippen LogP contribution in [-0.2, 0) is 13.1 Å². The lowest BCUT2D eigenvalue weighted by atomic mass is 10.2. The molecule has 0 spiro atoms. The number of halogens is 2. The summed E-state index contributed by atoms with van der Waals surface area (Å²) in [7, 11) is 0. The normalized spacial score (nSPS) is 10.5. The minimum Gasteiger partial charge on any atom is -0.309 e. The predicted molar refractivity (Wildman–Crippen MR) is 73.9 cm³/mol. The van der Waals surface area contributed by atoms with Gasteiger partial charge in [-0.05, 0) is 29.3 Å². The van der Waals surface area contributed by atoms with Crippen LogP contribution in [0.1, 0.15) is 11.1 Å².